The molecular formula is C21H34N4O3S. The molecule has 2 saturated heterocycles. The van der Waals surface area contributed by atoms with E-state index < -0.39 is 16.1 Å². The van der Waals surface area contributed by atoms with Crippen molar-refractivity contribution in [3.05, 3.63) is 28.8 Å². The van der Waals surface area contributed by atoms with E-state index in [0.717, 1.165) is 49.4 Å². The Labute approximate surface area is 175 Å². The van der Waals surface area contributed by atoms with E-state index in [1.165, 1.54) is 4.31 Å². The number of hydrogen-bond acceptors (Lipinski definition) is 5. The Hall–Kier alpha value is -1.48. The van der Waals surface area contributed by atoms with Gasteiger partial charge in [0.2, 0.25) is 15.9 Å². The molecule has 1 aromatic carbocycles. The Morgan fingerprint density at radius 2 is 1.69 bits per heavy atom. The first-order valence-corrected chi connectivity index (χ1v) is 11.9. The second-order valence-electron chi connectivity index (χ2n) is 8.44. The second-order valence-corrected chi connectivity index (χ2v) is 10.3. The summed E-state index contributed by atoms with van der Waals surface area (Å²) in [6.45, 7) is 11.4. The summed E-state index contributed by atoms with van der Waals surface area (Å²) in [6.07, 6.45) is 1.28. The SMILES string of the molecule is Cc1cc(C)c(S(=O)(=O)N2CCC[C@H]2C(=O)NCCN2CCN(C)CC2)c(C)c1. The van der Waals surface area contributed by atoms with Crippen molar-refractivity contribution in [2.75, 3.05) is 52.9 Å². The highest BCUT2D eigenvalue weighted by Gasteiger charge is 2.40. The summed E-state index contributed by atoms with van der Waals surface area (Å²) in [6, 6.07) is 3.16. The Morgan fingerprint density at radius 3 is 2.31 bits per heavy atom. The van der Waals surface area contributed by atoms with Crippen LogP contribution in [0.15, 0.2) is 17.0 Å². The van der Waals surface area contributed by atoms with Crippen molar-refractivity contribution in [3.8, 4) is 0 Å². The van der Waals surface area contributed by atoms with E-state index >= 15 is 0 Å². The Bertz CT molecular complexity index is 824. The first kappa shape index (κ1) is 22.2. The van der Waals surface area contributed by atoms with Crippen molar-refractivity contribution in [3.63, 3.8) is 0 Å². The number of piperazine rings is 1. The Morgan fingerprint density at radius 1 is 1.07 bits per heavy atom. The number of nitrogens with zero attached hydrogens (tertiary/aromatic N) is 3. The number of carbonyl (C=O) groups is 1. The topological polar surface area (TPSA) is 73.0 Å². The van der Waals surface area contributed by atoms with Crippen molar-refractivity contribution in [2.24, 2.45) is 0 Å². The number of carbonyl (C=O) groups excluding carboxylic acids is 1. The maximum Gasteiger partial charge on any atom is 0.244 e. The molecule has 162 valence electrons. The van der Waals surface area contributed by atoms with Crippen molar-refractivity contribution in [2.45, 2.75) is 44.6 Å². The zero-order valence-corrected chi connectivity index (χ0v) is 18.9. The van der Waals surface area contributed by atoms with Gasteiger partial charge in [-0.3, -0.25) is 9.69 Å². The van der Waals surface area contributed by atoms with E-state index in [4.69, 9.17) is 0 Å². The number of likely N-dealkylation sites (N-methyl/N-ethyl adjacent to an activating group) is 1. The van der Waals surface area contributed by atoms with Crippen molar-refractivity contribution in [1.82, 2.24) is 19.4 Å². The van der Waals surface area contributed by atoms with Crippen LogP contribution in [0.4, 0.5) is 0 Å². The minimum Gasteiger partial charge on any atom is -0.353 e. The van der Waals surface area contributed by atoms with E-state index in [1.54, 1.807) is 0 Å². The third-order valence-electron chi connectivity index (χ3n) is 6.00. The van der Waals surface area contributed by atoms with Crippen molar-refractivity contribution < 1.29 is 13.2 Å². The number of benzene rings is 1. The van der Waals surface area contributed by atoms with Gasteiger partial charge in [-0.15, -0.1) is 0 Å². The molecule has 8 heteroatoms. The third kappa shape index (κ3) is 4.99. The minimum atomic E-state index is -3.71. The Kier molecular flexibility index (Phi) is 6.98. The summed E-state index contributed by atoms with van der Waals surface area (Å²) in [5, 5.41) is 2.97. The van der Waals surface area contributed by atoms with Gasteiger partial charge >= 0.3 is 0 Å². The van der Waals surface area contributed by atoms with Crippen LogP contribution in [-0.4, -0.2) is 87.3 Å². The third-order valence-corrected chi connectivity index (χ3v) is 8.22. The molecule has 1 atom stereocenters. The van der Waals surface area contributed by atoms with E-state index in [9.17, 15) is 13.2 Å². The van der Waals surface area contributed by atoms with Gasteiger partial charge in [-0.1, -0.05) is 17.7 Å². The lowest BCUT2D eigenvalue weighted by Crippen LogP contribution is -2.49. The number of sulfonamides is 1. The van der Waals surface area contributed by atoms with Crippen molar-refractivity contribution in [1.29, 1.82) is 0 Å². The molecule has 1 amide bonds. The predicted molar refractivity (Wildman–Crippen MR) is 115 cm³/mol. The highest BCUT2D eigenvalue weighted by Crippen LogP contribution is 2.30. The second kappa shape index (κ2) is 9.12. The van der Waals surface area contributed by atoms with E-state index in [2.05, 4.69) is 22.2 Å². The molecule has 2 fully saturated rings. The molecule has 2 heterocycles. The van der Waals surface area contributed by atoms with Gasteiger partial charge in [-0.25, -0.2) is 8.42 Å². The molecule has 3 rings (SSSR count). The van der Waals surface area contributed by atoms with Crippen LogP contribution < -0.4 is 5.32 Å². The minimum absolute atomic E-state index is 0.178. The smallest absolute Gasteiger partial charge is 0.244 e. The standard InChI is InChI=1S/C21H34N4O3S/c1-16-14-17(2)20(18(3)15-16)29(27,28)25-8-5-6-19(25)21(26)22-7-9-24-12-10-23(4)11-13-24/h14-15,19H,5-13H2,1-4H3,(H,22,26)/t19-/m0/s1. The number of nitrogens with one attached hydrogen (secondary N) is 1. The van der Waals surface area contributed by atoms with Crippen LogP contribution in [-0.2, 0) is 14.8 Å². The van der Waals surface area contributed by atoms with Gasteiger partial charge in [-0.2, -0.15) is 4.31 Å². The molecule has 0 saturated carbocycles. The number of amides is 1. The average Bonchev–Trinajstić information content (AvgIpc) is 3.13. The van der Waals surface area contributed by atoms with E-state index in [-0.39, 0.29) is 5.91 Å². The molecule has 0 aliphatic carbocycles. The zero-order valence-electron chi connectivity index (χ0n) is 18.1. The predicted octanol–water partition coefficient (Wildman–Crippen LogP) is 1.13. The van der Waals surface area contributed by atoms with Crippen LogP contribution in [0, 0.1) is 20.8 Å². The first-order valence-electron chi connectivity index (χ1n) is 10.5. The molecule has 0 aromatic heterocycles. The number of hydrogen-bond donors (Lipinski definition) is 1. The van der Waals surface area contributed by atoms with Crippen LogP contribution in [0.1, 0.15) is 29.5 Å². The first-order chi connectivity index (χ1) is 13.7. The normalized spacial score (nSPS) is 22.1. The largest absolute Gasteiger partial charge is 0.353 e. The number of rotatable bonds is 6. The van der Waals surface area contributed by atoms with Crippen LogP contribution in [0.5, 0.6) is 0 Å². The molecule has 0 radical (unpaired) electrons. The maximum absolute atomic E-state index is 13.4. The molecule has 7 nitrogen and oxygen atoms in total. The lowest BCUT2D eigenvalue weighted by molar-refractivity contribution is -0.124. The molecule has 2 aliphatic rings. The average molecular weight is 423 g/mol. The maximum atomic E-state index is 13.4. The van der Waals surface area contributed by atoms with Gasteiger partial charge in [0.05, 0.1) is 4.90 Å². The van der Waals surface area contributed by atoms with Gasteiger partial charge in [0.1, 0.15) is 6.04 Å². The highest BCUT2D eigenvalue weighted by molar-refractivity contribution is 7.89. The zero-order chi connectivity index (χ0) is 21.2. The lowest BCUT2D eigenvalue weighted by atomic mass is 10.1. The number of aryl methyl sites for hydroxylation is 3. The Balaban J connectivity index is 1.65. The molecule has 1 aromatic rings. The molecular weight excluding hydrogens is 388 g/mol. The van der Waals surface area contributed by atoms with Crippen LogP contribution >= 0.6 is 0 Å². The summed E-state index contributed by atoms with van der Waals surface area (Å²) in [4.78, 5) is 17.8. The summed E-state index contributed by atoms with van der Waals surface area (Å²) in [7, 11) is -1.59. The quantitative estimate of drug-likeness (QED) is 0.744. The van der Waals surface area contributed by atoms with E-state index in [0.29, 0.717) is 30.8 Å². The fraction of sp³-hybridized carbons (Fsp3) is 0.667. The molecule has 1 N–H and O–H groups in total. The van der Waals surface area contributed by atoms with Gasteiger partial charge in [0, 0.05) is 45.8 Å². The molecule has 29 heavy (non-hydrogen) atoms. The van der Waals surface area contributed by atoms with Gasteiger partial charge in [-0.05, 0) is 51.8 Å². The molecule has 0 bridgehead atoms. The van der Waals surface area contributed by atoms with E-state index in [1.807, 2.05) is 32.9 Å². The van der Waals surface area contributed by atoms with Gasteiger partial charge in [0.25, 0.3) is 0 Å². The fourth-order valence-corrected chi connectivity index (χ4v) is 6.58. The monoisotopic (exact) mass is 422 g/mol. The summed E-state index contributed by atoms with van der Waals surface area (Å²) in [5.41, 5.74) is 2.52. The molecule has 2 aliphatic heterocycles. The van der Waals surface area contributed by atoms with Crippen LogP contribution in [0.2, 0.25) is 0 Å². The molecule has 0 spiro atoms. The molecule has 0 unspecified atom stereocenters. The summed E-state index contributed by atoms with van der Waals surface area (Å²) < 4.78 is 28.2. The highest BCUT2D eigenvalue weighted by atomic mass is 32.2. The van der Waals surface area contributed by atoms with Crippen molar-refractivity contribution >= 4 is 15.9 Å². The lowest BCUT2D eigenvalue weighted by Gasteiger charge is -2.32. The summed E-state index contributed by atoms with van der Waals surface area (Å²) >= 11 is 0. The van der Waals surface area contributed by atoms with Gasteiger partial charge < -0.3 is 10.2 Å². The van der Waals surface area contributed by atoms with Crippen LogP contribution in [0.3, 0.4) is 0 Å². The summed E-state index contributed by atoms with van der Waals surface area (Å²) in [5.74, 6) is -0.178. The van der Waals surface area contributed by atoms with Gasteiger partial charge in [0.15, 0.2) is 0 Å². The van der Waals surface area contributed by atoms with Crippen LogP contribution in [0.25, 0.3) is 0 Å². The fourth-order valence-electron chi connectivity index (χ4n) is 4.51.